The zero-order valence-corrected chi connectivity index (χ0v) is 14.1. The number of halogens is 2. The molecule has 2 aromatic rings. The number of nitrogens with zero attached hydrogens (tertiary/aromatic N) is 1. The van der Waals surface area contributed by atoms with Gasteiger partial charge in [0.05, 0.1) is 6.21 Å². The molecule has 0 aliphatic heterocycles. The van der Waals surface area contributed by atoms with Crippen molar-refractivity contribution in [3.8, 4) is 5.75 Å². The highest BCUT2D eigenvalue weighted by Gasteiger charge is 2.13. The van der Waals surface area contributed by atoms with Crippen molar-refractivity contribution in [2.75, 3.05) is 0 Å². The molecule has 0 unspecified atom stereocenters. The zero-order chi connectivity index (χ0) is 15.9. The fourth-order valence-electron chi connectivity index (χ4n) is 1.62. The lowest BCUT2D eigenvalue weighted by atomic mass is 10.2. The van der Waals surface area contributed by atoms with Crippen molar-refractivity contribution in [1.29, 1.82) is 0 Å². The number of hydrogen-bond donors (Lipinski definition) is 1. The van der Waals surface area contributed by atoms with Gasteiger partial charge >= 0.3 is 0 Å². The third-order valence-electron chi connectivity index (χ3n) is 2.73. The topological polar surface area (TPSA) is 50.7 Å². The van der Waals surface area contributed by atoms with Crippen LogP contribution in [0.15, 0.2) is 58.1 Å². The van der Waals surface area contributed by atoms with Gasteiger partial charge in [0, 0.05) is 9.50 Å². The molecule has 22 heavy (non-hydrogen) atoms. The van der Waals surface area contributed by atoms with Crippen LogP contribution >= 0.6 is 27.5 Å². The van der Waals surface area contributed by atoms with Crippen LogP contribution in [0.25, 0.3) is 0 Å². The lowest BCUT2D eigenvalue weighted by molar-refractivity contribution is -0.127. The van der Waals surface area contributed by atoms with Gasteiger partial charge in [0.2, 0.25) is 0 Å². The van der Waals surface area contributed by atoms with E-state index >= 15 is 0 Å². The number of hydrogen-bond acceptors (Lipinski definition) is 3. The van der Waals surface area contributed by atoms with Gasteiger partial charge in [0.1, 0.15) is 5.75 Å². The Morgan fingerprint density at radius 1 is 1.32 bits per heavy atom. The fourth-order valence-corrected chi connectivity index (χ4v) is 2.08. The Balaban J connectivity index is 1.87. The van der Waals surface area contributed by atoms with E-state index in [0.717, 1.165) is 10.0 Å². The monoisotopic (exact) mass is 380 g/mol. The molecule has 114 valence electrons. The second-order valence-corrected chi connectivity index (χ2v) is 5.86. The van der Waals surface area contributed by atoms with E-state index in [1.165, 1.54) is 6.21 Å². The number of amides is 1. The Kier molecular flexibility index (Phi) is 5.98. The van der Waals surface area contributed by atoms with Gasteiger partial charge < -0.3 is 4.74 Å². The molecule has 0 aliphatic rings. The molecule has 1 atom stereocenters. The van der Waals surface area contributed by atoms with Crippen LogP contribution in [-0.4, -0.2) is 18.2 Å². The van der Waals surface area contributed by atoms with Gasteiger partial charge in [-0.1, -0.05) is 39.7 Å². The minimum Gasteiger partial charge on any atom is -0.481 e. The molecule has 1 amide bonds. The second-order valence-electron chi connectivity index (χ2n) is 4.50. The molecular formula is C16H14BrClN2O2. The molecule has 0 bridgehead atoms. The normalized spacial score (nSPS) is 12.1. The fraction of sp³-hybridized carbons (Fsp3) is 0.125. The van der Waals surface area contributed by atoms with Gasteiger partial charge in [-0.05, 0) is 48.9 Å². The van der Waals surface area contributed by atoms with Crippen molar-refractivity contribution in [2.24, 2.45) is 5.10 Å². The minimum absolute atomic E-state index is 0.332. The van der Waals surface area contributed by atoms with Crippen molar-refractivity contribution < 1.29 is 9.53 Å². The number of benzene rings is 2. The zero-order valence-electron chi connectivity index (χ0n) is 11.8. The Labute approximate surface area is 142 Å². The first-order valence-corrected chi connectivity index (χ1v) is 7.72. The van der Waals surface area contributed by atoms with Gasteiger partial charge in [-0.15, -0.1) is 0 Å². The first kappa shape index (κ1) is 16.5. The Morgan fingerprint density at radius 2 is 2.05 bits per heavy atom. The maximum Gasteiger partial charge on any atom is 0.280 e. The average Bonchev–Trinajstić information content (AvgIpc) is 2.49. The molecular weight excluding hydrogens is 368 g/mol. The van der Waals surface area contributed by atoms with E-state index in [-0.39, 0.29) is 5.91 Å². The van der Waals surface area contributed by atoms with Gasteiger partial charge in [0.25, 0.3) is 5.91 Å². The van der Waals surface area contributed by atoms with Crippen LogP contribution in [0, 0.1) is 0 Å². The Hall–Kier alpha value is -1.85. The molecule has 6 heteroatoms. The van der Waals surface area contributed by atoms with Crippen molar-refractivity contribution in [2.45, 2.75) is 13.0 Å². The number of ether oxygens (including phenoxy) is 1. The first-order chi connectivity index (χ1) is 10.5. The summed E-state index contributed by atoms with van der Waals surface area (Å²) in [5, 5.41) is 4.50. The van der Waals surface area contributed by atoms with Crippen LogP contribution in [0.4, 0.5) is 0 Å². The van der Waals surface area contributed by atoms with Crippen LogP contribution in [0.5, 0.6) is 5.75 Å². The summed E-state index contributed by atoms with van der Waals surface area (Å²) in [5.41, 5.74) is 3.24. The summed E-state index contributed by atoms with van der Waals surface area (Å²) >= 11 is 9.20. The van der Waals surface area contributed by atoms with Gasteiger partial charge in [-0.3, -0.25) is 4.79 Å². The van der Waals surface area contributed by atoms with E-state index in [0.29, 0.717) is 10.8 Å². The van der Waals surface area contributed by atoms with Crippen molar-refractivity contribution in [3.63, 3.8) is 0 Å². The average molecular weight is 382 g/mol. The third-order valence-corrected chi connectivity index (χ3v) is 3.50. The SMILES string of the molecule is C[C@H](Oc1ccc(Br)cc1)C(=O)N/N=C\c1cccc(Cl)c1. The highest BCUT2D eigenvalue weighted by atomic mass is 79.9. The number of rotatable bonds is 5. The van der Waals surface area contributed by atoms with E-state index in [2.05, 4.69) is 26.5 Å². The molecule has 0 heterocycles. The molecule has 0 aromatic heterocycles. The van der Waals surface area contributed by atoms with Crippen molar-refractivity contribution >= 4 is 39.7 Å². The Bertz CT molecular complexity index is 674. The molecule has 0 radical (unpaired) electrons. The predicted molar refractivity (Wildman–Crippen MR) is 91.4 cm³/mol. The van der Waals surface area contributed by atoms with E-state index in [1.807, 2.05) is 24.3 Å². The van der Waals surface area contributed by atoms with E-state index < -0.39 is 6.10 Å². The largest absolute Gasteiger partial charge is 0.481 e. The second kappa shape index (κ2) is 7.96. The Morgan fingerprint density at radius 3 is 2.73 bits per heavy atom. The van der Waals surface area contributed by atoms with Crippen LogP contribution in [0.1, 0.15) is 12.5 Å². The van der Waals surface area contributed by atoms with Gasteiger partial charge in [-0.2, -0.15) is 5.10 Å². The maximum atomic E-state index is 11.9. The standard InChI is InChI=1S/C16H14BrClN2O2/c1-11(22-15-7-5-13(17)6-8-15)16(21)20-19-10-12-3-2-4-14(18)9-12/h2-11H,1H3,(H,20,21)/b19-10-/t11-/m0/s1. The molecule has 0 saturated heterocycles. The summed E-state index contributed by atoms with van der Waals surface area (Å²) in [5.74, 6) is 0.283. The molecule has 0 fully saturated rings. The molecule has 2 aromatic carbocycles. The van der Waals surface area contributed by atoms with Crippen LogP contribution in [0.3, 0.4) is 0 Å². The third kappa shape index (κ3) is 5.16. The van der Waals surface area contributed by atoms with Crippen LogP contribution < -0.4 is 10.2 Å². The smallest absolute Gasteiger partial charge is 0.280 e. The van der Waals surface area contributed by atoms with Crippen molar-refractivity contribution in [1.82, 2.24) is 5.43 Å². The number of nitrogens with one attached hydrogen (secondary N) is 1. The summed E-state index contributed by atoms with van der Waals surface area (Å²) in [6, 6.07) is 14.4. The van der Waals surface area contributed by atoms with Crippen LogP contribution in [-0.2, 0) is 4.79 Å². The van der Waals surface area contributed by atoms with Gasteiger partial charge in [-0.25, -0.2) is 5.43 Å². The number of hydrazone groups is 1. The van der Waals surface area contributed by atoms with Gasteiger partial charge in [0.15, 0.2) is 6.10 Å². The first-order valence-electron chi connectivity index (χ1n) is 6.55. The maximum absolute atomic E-state index is 11.9. The molecule has 0 saturated carbocycles. The molecule has 0 aliphatic carbocycles. The molecule has 2 rings (SSSR count). The summed E-state index contributed by atoms with van der Waals surface area (Å²) < 4.78 is 6.47. The number of carbonyl (C=O) groups excluding carboxylic acids is 1. The number of carbonyl (C=O) groups is 1. The van der Waals surface area contributed by atoms with Crippen LogP contribution in [0.2, 0.25) is 5.02 Å². The van der Waals surface area contributed by atoms with E-state index in [4.69, 9.17) is 16.3 Å². The summed E-state index contributed by atoms with van der Waals surface area (Å²) in [7, 11) is 0. The van der Waals surface area contributed by atoms with E-state index in [1.54, 1.807) is 31.2 Å². The molecule has 4 nitrogen and oxygen atoms in total. The highest BCUT2D eigenvalue weighted by molar-refractivity contribution is 9.10. The summed E-state index contributed by atoms with van der Waals surface area (Å²) in [4.78, 5) is 11.9. The molecule has 1 N–H and O–H groups in total. The van der Waals surface area contributed by atoms with E-state index in [9.17, 15) is 4.79 Å². The minimum atomic E-state index is -0.655. The molecule has 0 spiro atoms. The predicted octanol–water partition coefficient (Wildman–Crippen LogP) is 4.02. The highest BCUT2D eigenvalue weighted by Crippen LogP contribution is 2.17. The quantitative estimate of drug-likeness (QED) is 0.628. The van der Waals surface area contributed by atoms with Crippen molar-refractivity contribution in [3.05, 3.63) is 63.6 Å². The lowest BCUT2D eigenvalue weighted by Crippen LogP contribution is -2.33. The summed E-state index contributed by atoms with van der Waals surface area (Å²) in [6.07, 6.45) is 0.869. The lowest BCUT2D eigenvalue weighted by Gasteiger charge is -2.12. The summed E-state index contributed by atoms with van der Waals surface area (Å²) in [6.45, 7) is 1.66.